The molecule has 1 N–H and O–H groups in total. The summed E-state index contributed by atoms with van der Waals surface area (Å²) in [6.07, 6.45) is 5.97. The average Bonchev–Trinajstić information content (AvgIpc) is 3.09. The summed E-state index contributed by atoms with van der Waals surface area (Å²) in [5.41, 5.74) is 2.00. The van der Waals surface area contributed by atoms with Crippen LogP contribution in [0.2, 0.25) is 0 Å². The third-order valence-corrected chi connectivity index (χ3v) is 9.37. The molecular formula is C27H31NO5S. The highest BCUT2D eigenvalue weighted by Crippen LogP contribution is 2.66. The van der Waals surface area contributed by atoms with E-state index in [0.29, 0.717) is 22.4 Å². The number of anilines is 1. The number of benzene rings is 1. The van der Waals surface area contributed by atoms with Crippen LogP contribution in [0.25, 0.3) is 0 Å². The van der Waals surface area contributed by atoms with Gasteiger partial charge in [0, 0.05) is 4.88 Å². The van der Waals surface area contributed by atoms with Crippen LogP contribution >= 0.6 is 11.3 Å². The van der Waals surface area contributed by atoms with E-state index in [1.807, 2.05) is 19.9 Å². The molecule has 180 valence electrons. The van der Waals surface area contributed by atoms with Gasteiger partial charge < -0.3 is 14.8 Å². The summed E-state index contributed by atoms with van der Waals surface area (Å²) in [6, 6.07) is 10.6. The number of amides is 1. The third-order valence-electron chi connectivity index (χ3n) is 8.24. The van der Waals surface area contributed by atoms with E-state index in [2.05, 4.69) is 29.6 Å². The standard InChI is InChI=1S/C27H31NO5S/c1-16-17(2)34-23(22(16)24(30)32-3)28-21(29)14-33-25(31)27-12-18-9-19(13-27)11-26(10-18,15-27)20-7-5-4-6-8-20/h4-8,18-19H,9-15H2,1-3H3,(H,28,29)/t18-,19+,26?,27?. The summed E-state index contributed by atoms with van der Waals surface area (Å²) in [6.45, 7) is 3.35. The number of carbonyl (C=O) groups is 3. The molecule has 1 aromatic heterocycles. The fourth-order valence-corrected chi connectivity index (χ4v) is 8.21. The van der Waals surface area contributed by atoms with Crippen LogP contribution in [-0.4, -0.2) is 31.6 Å². The van der Waals surface area contributed by atoms with Crippen LogP contribution in [0.5, 0.6) is 0 Å². The normalized spacial score (nSPS) is 29.0. The molecule has 4 fully saturated rings. The number of aryl methyl sites for hydroxylation is 1. The molecule has 4 saturated carbocycles. The van der Waals surface area contributed by atoms with Crippen molar-refractivity contribution in [3.8, 4) is 0 Å². The van der Waals surface area contributed by atoms with Gasteiger partial charge in [-0.3, -0.25) is 9.59 Å². The highest BCUT2D eigenvalue weighted by molar-refractivity contribution is 7.16. The Labute approximate surface area is 204 Å². The van der Waals surface area contributed by atoms with Gasteiger partial charge >= 0.3 is 11.9 Å². The van der Waals surface area contributed by atoms with Gasteiger partial charge in [-0.25, -0.2) is 4.79 Å². The Morgan fingerprint density at radius 3 is 2.38 bits per heavy atom. The molecule has 6 nitrogen and oxygen atoms in total. The smallest absolute Gasteiger partial charge is 0.341 e. The molecule has 0 aliphatic heterocycles. The van der Waals surface area contributed by atoms with Crippen molar-refractivity contribution in [3.05, 3.63) is 51.9 Å². The Kier molecular flexibility index (Phi) is 5.79. The number of esters is 2. The highest BCUT2D eigenvalue weighted by atomic mass is 32.1. The number of rotatable bonds is 6. The Balaban J connectivity index is 1.29. The van der Waals surface area contributed by atoms with Crippen molar-refractivity contribution in [2.75, 3.05) is 19.0 Å². The molecular weight excluding hydrogens is 450 g/mol. The number of carbonyl (C=O) groups excluding carboxylic acids is 3. The largest absolute Gasteiger partial charge is 0.465 e. The monoisotopic (exact) mass is 481 g/mol. The van der Waals surface area contributed by atoms with Gasteiger partial charge in [-0.15, -0.1) is 11.3 Å². The fourth-order valence-electron chi connectivity index (χ4n) is 7.14. The van der Waals surface area contributed by atoms with Crippen molar-refractivity contribution in [1.82, 2.24) is 0 Å². The first-order valence-corrected chi connectivity index (χ1v) is 12.8. The molecule has 2 unspecified atom stereocenters. The summed E-state index contributed by atoms with van der Waals surface area (Å²) in [4.78, 5) is 39.2. The molecule has 0 saturated heterocycles. The van der Waals surface area contributed by atoms with Crippen molar-refractivity contribution in [3.63, 3.8) is 0 Å². The quantitative estimate of drug-likeness (QED) is 0.576. The number of ether oxygens (including phenoxy) is 2. The first-order valence-electron chi connectivity index (χ1n) is 12.0. The molecule has 4 aliphatic carbocycles. The van der Waals surface area contributed by atoms with Gasteiger partial charge in [-0.05, 0) is 80.8 Å². The lowest BCUT2D eigenvalue weighted by atomic mass is 9.43. The predicted octanol–water partition coefficient (Wildman–Crippen LogP) is 5.17. The first kappa shape index (κ1) is 23.1. The van der Waals surface area contributed by atoms with Crippen LogP contribution in [0.4, 0.5) is 5.00 Å². The van der Waals surface area contributed by atoms with E-state index in [9.17, 15) is 14.4 Å². The highest BCUT2D eigenvalue weighted by Gasteiger charge is 2.61. The van der Waals surface area contributed by atoms with Crippen molar-refractivity contribution in [2.45, 2.75) is 57.8 Å². The molecule has 1 aromatic carbocycles. The molecule has 7 heteroatoms. The zero-order valence-electron chi connectivity index (χ0n) is 19.9. The lowest BCUT2D eigenvalue weighted by molar-refractivity contribution is -0.175. The van der Waals surface area contributed by atoms with Gasteiger partial charge in [-0.2, -0.15) is 0 Å². The lowest BCUT2D eigenvalue weighted by Gasteiger charge is -2.61. The van der Waals surface area contributed by atoms with Crippen LogP contribution in [0.3, 0.4) is 0 Å². The van der Waals surface area contributed by atoms with E-state index in [1.165, 1.54) is 30.4 Å². The molecule has 34 heavy (non-hydrogen) atoms. The number of nitrogens with one attached hydrogen (secondary N) is 1. The van der Waals surface area contributed by atoms with Crippen molar-refractivity contribution < 1.29 is 23.9 Å². The molecule has 4 bridgehead atoms. The minimum atomic E-state index is -0.506. The predicted molar refractivity (Wildman–Crippen MR) is 130 cm³/mol. The van der Waals surface area contributed by atoms with E-state index in [1.54, 1.807) is 0 Å². The van der Waals surface area contributed by atoms with Gasteiger partial charge in [0.2, 0.25) is 0 Å². The number of hydrogen-bond acceptors (Lipinski definition) is 6. The van der Waals surface area contributed by atoms with Crippen LogP contribution in [0.1, 0.15) is 64.9 Å². The van der Waals surface area contributed by atoms with E-state index in [4.69, 9.17) is 9.47 Å². The fraction of sp³-hybridized carbons (Fsp3) is 0.519. The van der Waals surface area contributed by atoms with Crippen molar-refractivity contribution in [1.29, 1.82) is 0 Å². The van der Waals surface area contributed by atoms with Crippen LogP contribution in [0, 0.1) is 31.1 Å². The van der Waals surface area contributed by atoms with Crippen LogP contribution in [0.15, 0.2) is 30.3 Å². The van der Waals surface area contributed by atoms with E-state index >= 15 is 0 Å². The molecule has 2 aromatic rings. The maximum absolute atomic E-state index is 13.4. The molecule has 0 radical (unpaired) electrons. The summed E-state index contributed by atoms with van der Waals surface area (Å²) < 4.78 is 10.5. The van der Waals surface area contributed by atoms with Gasteiger partial charge in [0.25, 0.3) is 5.91 Å². The van der Waals surface area contributed by atoms with E-state index in [-0.39, 0.29) is 18.0 Å². The summed E-state index contributed by atoms with van der Waals surface area (Å²) in [5.74, 6) is -0.120. The Morgan fingerprint density at radius 1 is 1.06 bits per heavy atom. The van der Waals surface area contributed by atoms with Gasteiger partial charge in [-0.1, -0.05) is 30.3 Å². The van der Waals surface area contributed by atoms with Gasteiger partial charge in [0.1, 0.15) is 5.00 Å². The second kappa shape index (κ2) is 8.52. The summed E-state index contributed by atoms with van der Waals surface area (Å²) >= 11 is 1.32. The van der Waals surface area contributed by atoms with Crippen LogP contribution in [-0.2, 0) is 24.5 Å². The topological polar surface area (TPSA) is 81.7 Å². The summed E-state index contributed by atoms with van der Waals surface area (Å²) in [7, 11) is 1.32. The molecule has 4 atom stereocenters. The van der Waals surface area contributed by atoms with E-state index < -0.39 is 17.3 Å². The molecule has 4 aliphatic rings. The van der Waals surface area contributed by atoms with Crippen LogP contribution < -0.4 is 5.32 Å². The average molecular weight is 482 g/mol. The van der Waals surface area contributed by atoms with Gasteiger partial charge in [0.15, 0.2) is 6.61 Å². The minimum Gasteiger partial charge on any atom is -0.465 e. The zero-order chi connectivity index (χ0) is 24.1. The van der Waals surface area contributed by atoms with Crippen molar-refractivity contribution >= 4 is 34.2 Å². The molecule has 0 spiro atoms. The number of methoxy groups -OCH3 is 1. The second-order valence-electron chi connectivity index (χ2n) is 10.5. The number of hydrogen-bond donors (Lipinski definition) is 1. The SMILES string of the molecule is COC(=O)c1c(NC(=O)COC(=O)C23C[C@H]4C[C@@H](C2)CC(c2ccccc2)(C4)C3)sc(C)c1C. The Bertz CT molecular complexity index is 1120. The zero-order valence-corrected chi connectivity index (χ0v) is 20.8. The lowest BCUT2D eigenvalue weighted by Crippen LogP contribution is -2.57. The Hall–Kier alpha value is -2.67. The second-order valence-corrected chi connectivity index (χ2v) is 11.7. The maximum Gasteiger partial charge on any atom is 0.341 e. The van der Waals surface area contributed by atoms with E-state index in [0.717, 1.165) is 42.5 Å². The minimum absolute atomic E-state index is 0.0358. The van der Waals surface area contributed by atoms with Crippen molar-refractivity contribution in [2.24, 2.45) is 17.3 Å². The number of thiophene rings is 1. The molecule has 1 amide bonds. The van der Waals surface area contributed by atoms with Gasteiger partial charge in [0.05, 0.1) is 18.1 Å². The maximum atomic E-state index is 13.4. The summed E-state index contributed by atoms with van der Waals surface area (Å²) in [5, 5.41) is 3.18. The molecule has 1 heterocycles. The first-order chi connectivity index (χ1) is 16.2. The Morgan fingerprint density at radius 2 is 1.74 bits per heavy atom. The third kappa shape index (κ3) is 3.84. The molecule has 6 rings (SSSR count).